The molecule has 0 aliphatic carbocycles. The number of carbonyl (C=O) groups is 1. The van der Waals surface area contributed by atoms with Gasteiger partial charge in [0.15, 0.2) is 0 Å². The molecule has 1 amide bonds. The lowest BCUT2D eigenvalue weighted by Crippen LogP contribution is -2.07. The van der Waals surface area contributed by atoms with Crippen molar-refractivity contribution in [3.8, 4) is 0 Å². The number of hydrogen-bond acceptors (Lipinski definition) is 3. The molecular formula is C13H13FN2OS. The minimum atomic E-state index is -0.333. The molecule has 0 spiro atoms. The molecule has 0 aliphatic rings. The summed E-state index contributed by atoms with van der Waals surface area (Å²) < 4.78 is 13.6. The molecule has 3 nitrogen and oxygen atoms in total. The van der Waals surface area contributed by atoms with E-state index < -0.39 is 0 Å². The third-order valence-corrected chi connectivity index (χ3v) is 3.20. The van der Waals surface area contributed by atoms with E-state index in [1.807, 2.05) is 17.5 Å². The summed E-state index contributed by atoms with van der Waals surface area (Å²) in [6, 6.07) is 8.39. The van der Waals surface area contributed by atoms with Crippen LogP contribution in [0.5, 0.6) is 0 Å². The lowest BCUT2D eigenvalue weighted by molar-refractivity contribution is -0.114. The summed E-state index contributed by atoms with van der Waals surface area (Å²) in [6.07, 6.45) is 0. The summed E-state index contributed by atoms with van der Waals surface area (Å²) in [5.74, 6) is -0.508. The van der Waals surface area contributed by atoms with Crippen LogP contribution in [0.15, 0.2) is 35.7 Å². The van der Waals surface area contributed by atoms with Crippen LogP contribution in [0, 0.1) is 5.82 Å². The molecule has 0 saturated carbocycles. The van der Waals surface area contributed by atoms with Crippen LogP contribution >= 0.6 is 11.3 Å². The highest BCUT2D eigenvalue weighted by molar-refractivity contribution is 7.09. The predicted octanol–water partition coefficient (Wildman–Crippen LogP) is 3.46. The van der Waals surface area contributed by atoms with E-state index in [1.54, 1.807) is 17.4 Å². The molecule has 2 aromatic rings. The fourth-order valence-corrected chi connectivity index (χ4v) is 2.18. The second kappa shape index (κ2) is 5.64. The van der Waals surface area contributed by atoms with Gasteiger partial charge in [0, 0.05) is 24.0 Å². The maximum absolute atomic E-state index is 13.6. The van der Waals surface area contributed by atoms with E-state index in [0.29, 0.717) is 17.9 Å². The Hall–Kier alpha value is -1.88. The van der Waals surface area contributed by atoms with Crippen molar-refractivity contribution in [2.24, 2.45) is 0 Å². The molecule has 94 valence electrons. The van der Waals surface area contributed by atoms with E-state index in [2.05, 4.69) is 10.6 Å². The summed E-state index contributed by atoms with van der Waals surface area (Å²) >= 11 is 1.61. The van der Waals surface area contributed by atoms with Gasteiger partial charge in [-0.3, -0.25) is 4.79 Å². The van der Waals surface area contributed by atoms with Gasteiger partial charge in [0.1, 0.15) is 5.82 Å². The smallest absolute Gasteiger partial charge is 0.221 e. The highest BCUT2D eigenvalue weighted by atomic mass is 32.1. The van der Waals surface area contributed by atoms with Gasteiger partial charge >= 0.3 is 0 Å². The molecule has 2 N–H and O–H groups in total. The van der Waals surface area contributed by atoms with Crippen LogP contribution in [-0.4, -0.2) is 5.91 Å². The minimum absolute atomic E-state index is 0.175. The Morgan fingerprint density at radius 3 is 2.89 bits per heavy atom. The zero-order valence-electron chi connectivity index (χ0n) is 9.87. The Morgan fingerprint density at radius 1 is 1.39 bits per heavy atom. The first-order chi connectivity index (χ1) is 8.65. The topological polar surface area (TPSA) is 41.1 Å². The van der Waals surface area contributed by atoms with Crippen molar-refractivity contribution in [1.82, 2.24) is 0 Å². The molecule has 0 bridgehead atoms. The minimum Gasteiger partial charge on any atom is -0.378 e. The second-order valence-electron chi connectivity index (χ2n) is 3.81. The standard InChI is InChI=1S/C13H13FN2OS/c1-9(17)16-10-4-5-12(14)13(7-10)15-8-11-3-2-6-18-11/h2-7,15H,8H2,1H3,(H,16,17). The third kappa shape index (κ3) is 3.30. The molecule has 5 heteroatoms. The Kier molecular flexibility index (Phi) is 3.94. The van der Waals surface area contributed by atoms with Crippen LogP contribution < -0.4 is 10.6 Å². The number of rotatable bonds is 4. The first-order valence-electron chi connectivity index (χ1n) is 5.48. The normalized spacial score (nSPS) is 10.1. The lowest BCUT2D eigenvalue weighted by Gasteiger charge is -2.09. The van der Waals surface area contributed by atoms with Gasteiger partial charge in [0.05, 0.1) is 5.69 Å². The predicted molar refractivity (Wildman–Crippen MR) is 72.3 cm³/mol. The fraction of sp³-hybridized carbons (Fsp3) is 0.154. The van der Waals surface area contributed by atoms with Gasteiger partial charge < -0.3 is 10.6 Å². The summed E-state index contributed by atoms with van der Waals surface area (Å²) in [6.45, 7) is 1.99. The highest BCUT2D eigenvalue weighted by Gasteiger charge is 2.04. The van der Waals surface area contributed by atoms with E-state index in [-0.39, 0.29) is 11.7 Å². The summed E-state index contributed by atoms with van der Waals surface area (Å²) in [5, 5.41) is 7.61. The molecule has 1 aromatic carbocycles. The van der Waals surface area contributed by atoms with Crippen LogP contribution in [0.3, 0.4) is 0 Å². The molecule has 0 fully saturated rings. The highest BCUT2D eigenvalue weighted by Crippen LogP contribution is 2.21. The monoisotopic (exact) mass is 264 g/mol. The van der Waals surface area contributed by atoms with Crippen molar-refractivity contribution >= 4 is 28.6 Å². The molecule has 18 heavy (non-hydrogen) atoms. The van der Waals surface area contributed by atoms with Crippen LogP contribution in [-0.2, 0) is 11.3 Å². The number of benzene rings is 1. The van der Waals surface area contributed by atoms with Crippen molar-refractivity contribution in [3.05, 3.63) is 46.4 Å². The van der Waals surface area contributed by atoms with Crippen LogP contribution in [0.1, 0.15) is 11.8 Å². The van der Waals surface area contributed by atoms with E-state index in [4.69, 9.17) is 0 Å². The van der Waals surface area contributed by atoms with Gasteiger partial charge in [-0.15, -0.1) is 11.3 Å². The molecule has 2 rings (SSSR count). The summed E-state index contributed by atoms with van der Waals surface area (Å²) in [5.41, 5.74) is 0.965. The van der Waals surface area contributed by atoms with Crippen molar-refractivity contribution in [2.45, 2.75) is 13.5 Å². The van der Waals surface area contributed by atoms with E-state index >= 15 is 0 Å². The molecule has 0 radical (unpaired) electrons. The van der Waals surface area contributed by atoms with Gasteiger partial charge in [0.2, 0.25) is 5.91 Å². The van der Waals surface area contributed by atoms with Crippen LogP contribution in [0.2, 0.25) is 0 Å². The fourth-order valence-electron chi connectivity index (χ4n) is 1.54. The van der Waals surface area contributed by atoms with Crippen molar-refractivity contribution in [1.29, 1.82) is 0 Å². The van der Waals surface area contributed by atoms with Crippen molar-refractivity contribution in [2.75, 3.05) is 10.6 Å². The number of hydrogen-bond donors (Lipinski definition) is 2. The first-order valence-corrected chi connectivity index (χ1v) is 6.36. The summed E-state index contributed by atoms with van der Waals surface area (Å²) in [7, 11) is 0. The molecule has 0 unspecified atom stereocenters. The summed E-state index contributed by atoms with van der Waals surface area (Å²) in [4.78, 5) is 12.1. The van der Waals surface area contributed by atoms with E-state index in [9.17, 15) is 9.18 Å². The molecule has 0 atom stereocenters. The number of carbonyl (C=O) groups excluding carboxylic acids is 1. The Labute approximate surface area is 109 Å². The van der Waals surface area contributed by atoms with Gasteiger partial charge in [-0.05, 0) is 29.6 Å². The first kappa shape index (κ1) is 12.6. The number of halogens is 1. The van der Waals surface area contributed by atoms with E-state index in [0.717, 1.165) is 4.88 Å². The van der Waals surface area contributed by atoms with Crippen molar-refractivity contribution < 1.29 is 9.18 Å². The molecule has 1 heterocycles. The largest absolute Gasteiger partial charge is 0.378 e. The number of anilines is 2. The zero-order chi connectivity index (χ0) is 13.0. The maximum Gasteiger partial charge on any atom is 0.221 e. The van der Waals surface area contributed by atoms with E-state index in [1.165, 1.54) is 19.1 Å². The van der Waals surface area contributed by atoms with Crippen LogP contribution in [0.25, 0.3) is 0 Å². The third-order valence-electron chi connectivity index (χ3n) is 2.32. The Morgan fingerprint density at radius 2 is 2.22 bits per heavy atom. The van der Waals surface area contributed by atoms with Gasteiger partial charge in [-0.25, -0.2) is 4.39 Å². The van der Waals surface area contributed by atoms with Crippen LogP contribution in [0.4, 0.5) is 15.8 Å². The number of amides is 1. The van der Waals surface area contributed by atoms with Gasteiger partial charge in [0.25, 0.3) is 0 Å². The zero-order valence-corrected chi connectivity index (χ0v) is 10.7. The molecule has 0 saturated heterocycles. The average molecular weight is 264 g/mol. The second-order valence-corrected chi connectivity index (χ2v) is 4.84. The quantitative estimate of drug-likeness (QED) is 0.888. The average Bonchev–Trinajstić information content (AvgIpc) is 2.82. The Balaban J connectivity index is 2.08. The lowest BCUT2D eigenvalue weighted by atomic mass is 10.2. The number of nitrogens with one attached hydrogen (secondary N) is 2. The Bertz CT molecular complexity index is 540. The maximum atomic E-state index is 13.6. The SMILES string of the molecule is CC(=O)Nc1ccc(F)c(NCc2cccs2)c1. The molecular weight excluding hydrogens is 251 g/mol. The molecule has 1 aromatic heterocycles. The van der Waals surface area contributed by atoms with Gasteiger partial charge in [-0.2, -0.15) is 0 Å². The van der Waals surface area contributed by atoms with Gasteiger partial charge in [-0.1, -0.05) is 6.07 Å². The van der Waals surface area contributed by atoms with Crippen molar-refractivity contribution in [3.63, 3.8) is 0 Å². The molecule has 0 aliphatic heterocycles. The number of thiophene rings is 1.